The van der Waals surface area contributed by atoms with Gasteiger partial charge in [0.2, 0.25) is 5.91 Å². The summed E-state index contributed by atoms with van der Waals surface area (Å²) in [4.78, 5) is 16.2. The number of anilines is 1. The number of aliphatic hydroxyl groups is 1. The summed E-state index contributed by atoms with van der Waals surface area (Å²) < 4.78 is 0. The molecule has 1 aromatic heterocycles. The van der Waals surface area contributed by atoms with Crippen molar-refractivity contribution in [1.29, 1.82) is 0 Å². The van der Waals surface area contributed by atoms with Crippen molar-refractivity contribution in [2.24, 2.45) is 5.73 Å². The van der Waals surface area contributed by atoms with E-state index in [1.165, 1.54) is 0 Å². The Morgan fingerprint density at radius 3 is 3.00 bits per heavy atom. The molecule has 0 aromatic carbocycles. The van der Waals surface area contributed by atoms with E-state index in [0.29, 0.717) is 18.0 Å². The number of aliphatic hydroxyl groups excluding tert-OH is 1. The zero-order valence-electron chi connectivity index (χ0n) is 12.1. The van der Waals surface area contributed by atoms with Gasteiger partial charge in [0.05, 0.1) is 12.1 Å². The highest BCUT2D eigenvalue weighted by Crippen LogP contribution is 2.16. The summed E-state index contributed by atoms with van der Waals surface area (Å²) in [6, 6.07) is 3.73. The van der Waals surface area contributed by atoms with Gasteiger partial charge < -0.3 is 16.2 Å². The van der Waals surface area contributed by atoms with Crippen molar-refractivity contribution < 1.29 is 9.90 Å². The number of rotatable bonds is 8. The van der Waals surface area contributed by atoms with Crippen LogP contribution >= 0.6 is 11.8 Å². The first-order valence-corrected chi connectivity index (χ1v) is 7.89. The van der Waals surface area contributed by atoms with Gasteiger partial charge in [-0.15, -0.1) is 0 Å². The number of nitrogens with zero attached hydrogens (tertiary/aromatic N) is 1. The summed E-state index contributed by atoms with van der Waals surface area (Å²) in [5.74, 6) is 1.78. The molecule has 1 amide bonds. The number of thioether (sulfide) groups is 1. The summed E-state index contributed by atoms with van der Waals surface area (Å²) in [7, 11) is 0. The van der Waals surface area contributed by atoms with Gasteiger partial charge in [-0.05, 0) is 31.0 Å². The lowest BCUT2D eigenvalue weighted by Gasteiger charge is -2.22. The zero-order chi connectivity index (χ0) is 15.0. The second kappa shape index (κ2) is 8.24. The normalized spacial score (nSPS) is 13.8. The van der Waals surface area contributed by atoms with E-state index in [2.05, 4.69) is 10.3 Å². The molecule has 4 N–H and O–H groups in total. The summed E-state index contributed by atoms with van der Waals surface area (Å²) >= 11 is 1.63. The van der Waals surface area contributed by atoms with Crippen molar-refractivity contribution in [3.05, 3.63) is 23.9 Å². The van der Waals surface area contributed by atoms with E-state index < -0.39 is 5.54 Å². The number of nitrogens with one attached hydrogen (secondary N) is 1. The number of hydrogen-bond acceptors (Lipinski definition) is 5. The van der Waals surface area contributed by atoms with E-state index in [-0.39, 0.29) is 12.5 Å². The van der Waals surface area contributed by atoms with Crippen molar-refractivity contribution >= 4 is 23.5 Å². The molecule has 0 aliphatic rings. The molecule has 0 fully saturated rings. The number of hydrogen-bond donors (Lipinski definition) is 3. The van der Waals surface area contributed by atoms with Crippen LogP contribution in [-0.4, -0.2) is 33.9 Å². The third kappa shape index (κ3) is 5.48. The van der Waals surface area contributed by atoms with Crippen LogP contribution in [0.5, 0.6) is 0 Å². The van der Waals surface area contributed by atoms with Gasteiger partial charge in [-0.25, -0.2) is 4.98 Å². The fourth-order valence-electron chi connectivity index (χ4n) is 1.78. The lowest BCUT2D eigenvalue weighted by molar-refractivity contribution is -0.120. The number of nitrogens with two attached hydrogens (primary N) is 1. The van der Waals surface area contributed by atoms with E-state index in [1.807, 2.05) is 19.1 Å². The van der Waals surface area contributed by atoms with Crippen molar-refractivity contribution in [1.82, 2.24) is 4.98 Å². The molecule has 0 radical (unpaired) electrons. The summed E-state index contributed by atoms with van der Waals surface area (Å²) in [5.41, 5.74) is 6.16. The average Bonchev–Trinajstić information content (AvgIpc) is 2.39. The fraction of sp³-hybridized carbons (Fsp3) is 0.571. The summed E-state index contributed by atoms with van der Waals surface area (Å²) in [6.45, 7) is 3.89. The molecule has 0 saturated heterocycles. The van der Waals surface area contributed by atoms with Crippen molar-refractivity contribution in [2.75, 3.05) is 17.7 Å². The molecule has 0 saturated carbocycles. The van der Waals surface area contributed by atoms with Crippen LogP contribution in [0.3, 0.4) is 0 Å². The van der Waals surface area contributed by atoms with Gasteiger partial charge in [0.1, 0.15) is 5.82 Å². The Hall–Kier alpha value is -1.11. The maximum atomic E-state index is 12.1. The van der Waals surface area contributed by atoms with E-state index in [0.717, 1.165) is 17.7 Å². The Balaban J connectivity index is 2.63. The largest absolute Gasteiger partial charge is 0.396 e. The molecule has 1 aromatic rings. The molecule has 1 atom stereocenters. The molecular weight excluding hydrogens is 274 g/mol. The van der Waals surface area contributed by atoms with Crippen LogP contribution in [0, 0.1) is 0 Å². The summed E-state index contributed by atoms with van der Waals surface area (Å²) in [5, 5.41) is 11.5. The van der Waals surface area contributed by atoms with Gasteiger partial charge in [0.15, 0.2) is 0 Å². The topological polar surface area (TPSA) is 88.2 Å². The second-order valence-corrected chi connectivity index (χ2v) is 6.05. The second-order valence-electron chi connectivity index (χ2n) is 4.95. The highest BCUT2D eigenvalue weighted by molar-refractivity contribution is 7.98. The van der Waals surface area contributed by atoms with Crippen LogP contribution in [0.25, 0.3) is 0 Å². The third-order valence-electron chi connectivity index (χ3n) is 2.86. The monoisotopic (exact) mass is 297 g/mol. The number of aromatic nitrogens is 1. The molecule has 1 unspecified atom stereocenters. The van der Waals surface area contributed by atoms with E-state index in [9.17, 15) is 4.79 Å². The van der Waals surface area contributed by atoms with Gasteiger partial charge in [-0.1, -0.05) is 13.3 Å². The van der Waals surface area contributed by atoms with Crippen LogP contribution in [0.15, 0.2) is 18.3 Å². The minimum Gasteiger partial charge on any atom is -0.396 e. The maximum Gasteiger partial charge on any atom is 0.245 e. The highest BCUT2D eigenvalue weighted by atomic mass is 32.2. The van der Waals surface area contributed by atoms with Crippen LogP contribution < -0.4 is 11.1 Å². The van der Waals surface area contributed by atoms with Crippen molar-refractivity contribution in [3.63, 3.8) is 0 Å². The quantitative estimate of drug-likeness (QED) is 0.636. The molecule has 0 aliphatic carbocycles. The molecule has 0 aliphatic heterocycles. The zero-order valence-corrected chi connectivity index (χ0v) is 12.9. The number of pyridine rings is 1. The van der Waals surface area contributed by atoms with Gasteiger partial charge in [-0.3, -0.25) is 4.79 Å². The Kier molecular flexibility index (Phi) is 6.98. The van der Waals surface area contributed by atoms with Gasteiger partial charge in [-0.2, -0.15) is 11.8 Å². The van der Waals surface area contributed by atoms with Crippen molar-refractivity contribution in [3.8, 4) is 0 Å². The van der Waals surface area contributed by atoms with E-state index in [1.54, 1.807) is 24.9 Å². The van der Waals surface area contributed by atoms with Gasteiger partial charge in [0.25, 0.3) is 0 Å². The fourth-order valence-corrected chi connectivity index (χ4v) is 2.47. The van der Waals surface area contributed by atoms with Crippen LogP contribution in [0.4, 0.5) is 5.82 Å². The molecule has 20 heavy (non-hydrogen) atoms. The molecule has 1 heterocycles. The van der Waals surface area contributed by atoms with E-state index in [4.69, 9.17) is 10.8 Å². The third-order valence-corrected chi connectivity index (χ3v) is 3.87. The predicted octanol–water partition coefficient (Wildman–Crippen LogP) is 1.76. The highest BCUT2D eigenvalue weighted by Gasteiger charge is 2.27. The SMILES string of the molecule is CCCC(C)(N)C(=O)Nc1cc(CSCCO)ccn1. The lowest BCUT2D eigenvalue weighted by Crippen LogP contribution is -2.48. The molecule has 6 heteroatoms. The minimum atomic E-state index is -0.877. The first kappa shape index (κ1) is 16.9. The van der Waals surface area contributed by atoms with Crippen LogP contribution in [0.1, 0.15) is 32.3 Å². The number of amides is 1. The molecule has 112 valence electrons. The Morgan fingerprint density at radius 1 is 1.60 bits per heavy atom. The molecule has 5 nitrogen and oxygen atoms in total. The van der Waals surface area contributed by atoms with Crippen LogP contribution in [0.2, 0.25) is 0 Å². The molecule has 1 rings (SSSR count). The Labute approximate surface area is 124 Å². The standard InChI is InChI=1S/C14H23N3O2S/c1-3-5-14(2,15)13(19)17-12-9-11(4-6-16-12)10-20-8-7-18/h4,6,9,18H,3,5,7-8,10,15H2,1-2H3,(H,16,17,19). The first-order valence-electron chi connectivity index (χ1n) is 6.73. The molecular formula is C14H23N3O2S. The first-order chi connectivity index (χ1) is 9.49. The lowest BCUT2D eigenvalue weighted by atomic mass is 9.96. The number of carbonyl (C=O) groups excluding carboxylic acids is 1. The summed E-state index contributed by atoms with van der Waals surface area (Å²) in [6.07, 6.45) is 3.15. The minimum absolute atomic E-state index is 0.169. The van der Waals surface area contributed by atoms with Gasteiger partial charge >= 0.3 is 0 Å². The van der Waals surface area contributed by atoms with E-state index >= 15 is 0 Å². The smallest absolute Gasteiger partial charge is 0.245 e. The number of carbonyl (C=O) groups is 1. The predicted molar refractivity (Wildman–Crippen MR) is 83.6 cm³/mol. The Morgan fingerprint density at radius 2 is 2.35 bits per heavy atom. The molecule has 0 bridgehead atoms. The maximum absolute atomic E-state index is 12.1. The Bertz CT molecular complexity index is 438. The van der Waals surface area contributed by atoms with Crippen molar-refractivity contribution in [2.45, 2.75) is 38.0 Å². The van der Waals surface area contributed by atoms with Gasteiger partial charge in [0, 0.05) is 17.7 Å². The average molecular weight is 297 g/mol. The molecule has 0 spiro atoms. The van der Waals surface area contributed by atoms with Crippen LogP contribution in [-0.2, 0) is 10.5 Å².